The van der Waals surface area contributed by atoms with E-state index in [1.807, 2.05) is 0 Å². The van der Waals surface area contributed by atoms with Gasteiger partial charge in [0.05, 0.1) is 12.7 Å². The van der Waals surface area contributed by atoms with Crippen molar-refractivity contribution in [1.82, 2.24) is 0 Å². The zero-order chi connectivity index (χ0) is 13.7. The lowest BCUT2D eigenvalue weighted by molar-refractivity contribution is -0.140. The molecule has 0 fully saturated rings. The van der Waals surface area contributed by atoms with Crippen LogP contribution in [0.15, 0.2) is 18.2 Å². The van der Waals surface area contributed by atoms with Gasteiger partial charge in [0.1, 0.15) is 0 Å². The molecule has 0 aliphatic rings. The van der Waals surface area contributed by atoms with Crippen LogP contribution < -0.4 is 0 Å². The molecule has 0 saturated heterocycles. The van der Waals surface area contributed by atoms with Crippen molar-refractivity contribution in [1.29, 1.82) is 0 Å². The molecule has 0 bridgehead atoms. The molecule has 6 heteroatoms. The zero-order valence-corrected chi connectivity index (χ0v) is 9.65. The van der Waals surface area contributed by atoms with Crippen LogP contribution in [0.1, 0.15) is 34.3 Å². The smallest absolute Gasteiger partial charge is 0.336 e. The van der Waals surface area contributed by atoms with Crippen LogP contribution in [0.25, 0.3) is 0 Å². The number of alkyl halides is 2. The number of halogens is 2. The van der Waals surface area contributed by atoms with Gasteiger partial charge in [-0.15, -0.1) is 0 Å². The molecule has 0 amide bonds. The van der Waals surface area contributed by atoms with Gasteiger partial charge in [0.25, 0.3) is 6.43 Å². The van der Waals surface area contributed by atoms with Crippen LogP contribution in [0.5, 0.6) is 0 Å². The van der Waals surface area contributed by atoms with E-state index in [1.54, 1.807) is 0 Å². The molecule has 0 unspecified atom stereocenters. The molecule has 0 heterocycles. The van der Waals surface area contributed by atoms with Crippen molar-refractivity contribution < 1.29 is 28.2 Å². The van der Waals surface area contributed by atoms with Gasteiger partial charge in [-0.3, -0.25) is 4.79 Å². The fraction of sp³-hybridized carbons (Fsp3) is 0.333. The minimum atomic E-state index is -2.84. The van der Waals surface area contributed by atoms with Crippen LogP contribution in [0.2, 0.25) is 0 Å². The number of benzene rings is 1. The van der Waals surface area contributed by atoms with Gasteiger partial charge in [-0.25, -0.2) is 13.6 Å². The Morgan fingerprint density at radius 2 is 2.06 bits per heavy atom. The number of aryl methyl sites for hydroxylation is 1. The standard InChI is InChI=1S/C12H12F2O4/c1-18-10(15)5-3-7-2-4-8(11(13)14)9(6-7)12(16)17/h2,4,6,11H,3,5H2,1H3,(H,16,17). The van der Waals surface area contributed by atoms with E-state index in [-0.39, 0.29) is 12.8 Å². The lowest BCUT2D eigenvalue weighted by Gasteiger charge is -2.07. The molecule has 0 aliphatic heterocycles. The second kappa shape index (κ2) is 6.09. The molecule has 0 spiro atoms. The van der Waals surface area contributed by atoms with E-state index in [9.17, 15) is 18.4 Å². The summed E-state index contributed by atoms with van der Waals surface area (Å²) in [5, 5.41) is 8.84. The van der Waals surface area contributed by atoms with Crippen molar-refractivity contribution in [2.75, 3.05) is 7.11 Å². The number of esters is 1. The van der Waals surface area contributed by atoms with Crippen molar-refractivity contribution in [2.45, 2.75) is 19.3 Å². The Labute approximate surface area is 102 Å². The lowest BCUT2D eigenvalue weighted by atomic mass is 10.0. The highest BCUT2D eigenvalue weighted by Gasteiger charge is 2.18. The van der Waals surface area contributed by atoms with Gasteiger partial charge >= 0.3 is 11.9 Å². The Hall–Kier alpha value is -1.98. The predicted molar refractivity (Wildman–Crippen MR) is 58.7 cm³/mol. The summed E-state index contributed by atoms with van der Waals surface area (Å²) in [5.74, 6) is -1.85. The summed E-state index contributed by atoms with van der Waals surface area (Å²) in [4.78, 5) is 21.8. The molecule has 1 aromatic carbocycles. The van der Waals surface area contributed by atoms with Crippen LogP contribution >= 0.6 is 0 Å². The topological polar surface area (TPSA) is 63.6 Å². The van der Waals surface area contributed by atoms with E-state index >= 15 is 0 Å². The van der Waals surface area contributed by atoms with Crippen LogP contribution in [0, 0.1) is 0 Å². The van der Waals surface area contributed by atoms with Crippen molar-refractivity contribution in [3.05, 3.63) is 34.9 Å². The van der Waals surface area contributed by atoms with Gasteiger partial charge in [0.15, 0.2) is 0 Å². The van der Waals surface area contributed by atoms with Crippen molar-refractivity contribution >= 4 is 11.9 Å². The number of carboxylic acid groups (broad SMARTS) is 1. The van der Waals surface area contributed by atoms with Gasteiger partial charge in [0, 0.05) is 12.0 Å². The van der Waals surface area contributed by atoms with Crippen LogP contribution in [0.4, 0.5) is 8.78 Å². The molecule has 0 aromatic heterocycles. The van der Waals surface area contributed by atoms with Crippen LogP contribution in [-0.4, -0.2) is 24.2 Å². The monoisotopic (exact) mass is 258 g/mol. The third-order valence-corrected chi connectivity index (χ3v) is 2.43. The number of carbonyl (C=O) groups is 2. The Bertz CT molecular complexity index is 457. The van der Waals surface area contributed by atoms with Crippen LogP contribution in [0.3, 0.4) is 0 Å². The first-order valence-corrected chi connectivity index (χ1v) is 5.16. The Morgan fingerprint density at radius 3 is 2.56 bits per heavy atom. The third-order valence-electron chi connectivity index (χ3n) is 2.43. The van der Waals surface area contributed by atoms with E-state index in [0.717, 1.165) is 12.1 Å². The zero-order valence-electron chi connectivity index (χ0n) is 9.65. The molecule has 0 atom stereocenters. The minimum absolute atomic E-state index is 0.0730. The van der Waals surface area contributed by atoms with Gasteiger partial charge in [0.2, 0.25) is 0 Å². The quantitative estimate of drug-likeness (QED) is 0.824. The highest BCUT2D eigenvalue weighted by molar-refractivity contribution is 5.89. The second-order valence-electron chi connectivity index (χ2n) is 3.60. The number of ether oxygens (including phenoxy) is 1. The number of hydrogen-bond donors (Lipinski definition) is 1. The molecule has 4 nitrogen and oxygen atoms in total. The molecule has 1 rings (SSSR count). The number of hydrogen-bond acceptors (Lipinski definition) is 3. The van der Waals surface area contributed by atoms with E-state index in [2.05, 4.69) is 4.74 Å². The normalized spacial score (nSPS) is 10.4. The number of carboxylic acids is 1. The van der Waals surface area contributed by atoms with E-state index in [4.69, 9.17) is 5.11 Å². The summed E-state index contributed by atoms with van der Waals surface area (Å²) in [6.45, 7) is 0. The van der Waals surface area contributed by atoms with Crippen LogP contribution in [-0.2, 0) is 16.0 Å². The SMILES string of the molecule is COC(=O)CCc1ccc(C(F)F)c(C(=O)O)c1. The molecule has 1 N–H and O–H groups in total. The minimum Gasteiger partial charge on any atom is -0.478 e. The maximum atomic E-state index is 12.6. The maximum absolute atomic E-state index is 12.6. The molecular formula is C12H12F2O4. The summed E-state index contributed by atoms with van der Waals surface area (Å²) in [5.41, 5.74) is -0.459. The molecule has 0 aliphatic carbocycles. The lowest BCUT2D eigenvalue weighted by Crippen LogP contribution is -2.06. The fourth-order valence-corrected chi connectivity index (χ4v) is 1.48. The molecule has 18 heavy (non-hydrogen) atoms. The second-order valence-corrected chi connectivity index (χ2v) is 3.60. The van der Waals surface area contributed by atoms with E-state index in [1.165, 1.54) is 13.2 Å². The highest BCUT2D eigenvalue weighted by atomic mass is 19.3. The highest BCUT2D eigenvalue weighted by Crippen LogP contribution is 2.24. The number of methoxy groups -OCH3 is 1. The number of carbonyl (C=O) groups excluding carboxylic acids is 1. The summed E-state index contributed by atoms with van der Waals surface area (Å²) >= 11 is 0. The fourth-order valence-electron chi connectivity index (χ4n) is 1.48. The first-order valence-electron chi connectivity index (χ1n) is 5.16. The van der Waals surface area contributed by atoms with Crippen molar-refractivity contribution in [3.8, 4) is 0 Å². The van der Waals surface area contributed by atoms with Crippen molar-refractivity contribution in [2.24, 2.45) is 0 Å². The van der Waals surface area contributed by atoms with Crippen molar-refractivity contribution in [3.63, 3.8) is 0 Å². The molecular weight excluding hydrogens is 246 g/mol. The first kappa shape index (κ1) is 14.1. The van der Waals surface area contributed by atoms with E-state index < -0.39 is 29.5 Å². The third kappa shape index (κ3) is 3.51. The molecule has 0 radical (unpaired) electrons. The Kier molecular flexibility index (Phi) is 4.76. The van der Waals surface area contributed by atoms with Gasteiger partial charge in [-0.2, -0.15) is 0 Å². The van der Waals surface area contributed by atoms with Gasteiger partial charge < -0.3 is 9.84 Å². The molecule has 0 saturated carbocycles. The maximum Gasteiger partial charge on any atom is 0.336 e. The average Bonchev–Trinajstić information content (AvgIpc) is 2.35. The largest absolute Gasteiger partial charge is 0.478 e. The molecule has 1 aromatic rings. The summed E-state index contributed by atoms with van der Waals surface area (Å²) in [6.07, 6.45) is -2.52. The number of rotatable bonds is 5. The van der Waals surface area contributed by atoms with Gasteiger partial charge in [-0.05, 0) is 18.1 Å². The predicted octanol–water partition coefficient (Wildman–Crippen LogP) is 2.43. The average molecular weight is 258 g/mol. The Morgan fingerprint density at radius 1 is 1.39 bits per heavy atom. The summed E-state index contributed by atoms with van der Waals surface area (Å²) in [7, 11) is 1.24. The summed E-state index contributed by atoms with van der Waals surface area (Å²) in [6, 6.07) is 3.62. The Balaban J connectivity index is 2.93. The van der Waals surface area contributed by atoms with E-state index in [0.29, 0.717) is 5.56 Å². The molecule has 98 valence electrons. The van der Waals surface area contributed by atoms with Gasteiger partial charge in [-0.1, -0.05) is 12.1 Å². The number of aromatic carboxylic acids is 1. The summed E-state index contributed by atoms with van der Waals surface area (Å²) < 4.78 is 29.5. The first-order chi connectivity index (χ1) is 8.45.